The molecular weight excluding hydrogens is 418 g/mol. The first-order chi connectivity index (χ1) is 15.8. The first-order valence-corrected chi connectivity index (χ1v) is 11.3. The molecule has 0 aliphatic carbocycles. The number of carbonyl (C=O) groups excluding carboxylic acids is 1. The predicted octanol–water partition coefficient (Wildman–Crippen LogP) is 5.87. The molecule has 32 heavy (non-hydrogen) atoms. The summed E-state index contributed by atoms with van der Waals surface area (Å²) in [5.74, 6) is 1.23. The van der Waals surface area contributed by atoms with Gasteiger partial charge < -0.3 is 9.73 Å². The zero-order valence-electron chi connectivity index (χ0n) is 17.3. The van der Waals surface area contributed by atoms with Crippen molar-refractivity contribution in [3.05, 3.63) is 95.8 Å². The number of para-hydroxylation sites is 1. The highest BCUT2D eigenvalue weighted by Gasteiger charge is 2.17. The summed E-state index contributed by atoms with van der Waals surface area (Å²) in [5, 5.41) is 3.85. The number of amides is 1. The van der Waals surface area contributed by atoms with Crippen LogP contribution in [0.2, 0.25) is 0 Å². The van der Waals surface area contributed by atoms with Crippen molar-refractivity contribution in [2.24, 2.45) is 0 Å². The van der Waals surface area contributed by atoms with Gasteiger partial charge in [0.2, 0.25) is 5.91 Å². The highest BCUT2D eigenvalue weighted by Crippen LogP contribution is 2.32. The van der Waals surface area contributed by atoms with Crippen molar-refractivity contribution in [2.45, 2.75) is 19.4 Å². The van der Waals surface area contributed by atoms with Crippen molar-refractivity contribution in [2.75, 3.05) is 0 Å². The molecule has 0 fully saturated rings. The number of aromatic nitrogens is 2. The molecule has 6 heteroatoms. The number of aryl methyl sites for hydroxylation is 1. The zero-order valence-corrected chi connectivity index (χ0v) is 18.1. The first-order valence-electron chi connectivity index (χ1n) is 10.5. The largest absolute Gasteiger partial charge is 0.440 e. The molecule has 0 saturated heterocycles. The summed E-state index contributed by atoms with van der Waals surface area (Å²) in [5.41, 5.74) is 3.71. The Morgan fingerprint density at radius 2 is 1.53 bits per heavy atom. The van der Waals surface area contributed by atoms with E-state index < -0.39 is 0 Å². The Morgan fingerprint density at radius 1 is 0.844 bits per heavy atom. The SMILES string of the molecule is O=C(CCc1nc(-c2ccccc2)c(-c2ccccc2)o1)NCc1nc2ccccc2s1. The molecule has 0 bridgehead atoms. The summed E-state index contributed by atoms with van der Waals surface area (Å²) in [4.78, 5) is 21.7. The molecule has 3 aromatic carbocycles. The molecule has 5 aromatic rings. The molecule has 5 rings (SSSR count). The normalized spacial score (nSPS) is 11.0. The van der Waals surface area contributed by atoms with Crippen molar-refractivity contribution in [1.29, 1.82) is 0 Å². The maximum Gasteiger partial charge on any atom is 0.220 e. The second-order valence-electron chi connectivity index (χ2n) is 7.37. The standard InChI is InChI=1S/C26H21N3O2S/c30-22(27-17-24-28-20-13-7-8-14-21(20)32-24)15-16-23-29-25(18-9-3-1-4-10-18)26(31-23)19-11-5-2-6-12-19/h1-14H,15-17H2,(H,27,30). The van der Waals surface area contributed by atoms with Crippen LogP contribution in [0.25, 0.3) is 32.8 Å². The van der Waals surface area contributed by atoms with Gasteiger partial charge in [-0.2, -0.15) is 0 Å². The molecule has 1 amide bonds. The van der Waals surface area contributed by atoms with Gasteiger partial charge in [0.25, 0.3) is 0 Å². The van der Waals surface area contributed by atoms with E-state index in [9.17, 15) is 4.79 Å². The van der Waals surface area contributed by atoms with Crippen LogP contribution < -0.4 is 5.32 Å². The van der Waals surface area contributed by atoms with Crippen LogP contribution in [-0.4, -0.2) is 15.9 Å². The van der Waals surface area contributed by atoms with Crippen LogP contribution in [0.5, 0.6) is 0 Å². The lowest BCUT2D eigenvalue weighted by Gasteiger charge is -2.01. The molecule has 2 aromatic heterocycles. The summed E-state index contributed by atoms with van der Waals surface area (Å²) < 4.78 is 7.23. The highest BCUT2D eigenvalue weighted by molar-refractivity contribution is 7.18. The van der Waals surface area contributed by atoms with Gasteiger partial charge in [-0.05, 0) is 12.1 Å². The van der Waals surface area contributed by atoms with E-state index in [1.807, 2.05) is 84.9 Å². The molecule has 0 aliphatic rings. The van der Waals surface area contributed by atoms with Crippen molar-refractivity contribution in [1.82, 2.24) is 15.3 Å². The Hall–Kier alpha value is -3.77. The lowest BCUT2D eigenvalue weighted by atomic mass is 10.1. The van der Waals surface area contributed by atoms with Crippen molar-refractivity contribution in [3.8, 4) is 22.6 Å². The van der Waals surface area contributed by atoms with Gasteiger partial charge in [0.15, 0.2) is 11.7 Å². The number of benzene rings is 3. The van der Waals surface area contributed by atoms with E-state index in [1.165, 1.54) is 0 Å². The number of hydrogen-bond acceptors (Lipinski definition) is 5. The second kappa shape index (κ2) is 9.16. The van der Waals surface area contributed by atoms with Gasteiger partial charge in [0.1, 0.15) is 10.7 Å². The van der Waals surface area contributed by atoms with Gasteiger partial charge in [0.05, 0.1) is 16.8 Å². The Kier molecular flexibility index (Phi) is 5.77. The molecule has 1 N–H and O–H groups in total. The summed E-state index contributed by atoms with van der Waals surface area (Å²) >= 11 is 1.60. The number of nitrogens with zero attached hydrogens (tertiary/aromatic N) is 2. The molecule has 2 heterocycles. The van der Waals surface area contributed by atoms with E-state index in [0.29, 0.717) is 25.3 Å². The fraction of sp³-hybridized carbons (Fsp3) is 0.115. The first kappa shape index (κ1) is 20.2. The van der Waals surface area contributed by atoms with E-state index in [0.717, 1.165) is 37.8 Å². The molecule has 0 atom stereocenters. The van der Waals surface area contributed by atoms with E-state index in [4.69, 9.17) is 9.40 Å². The number of thiazole rings is 1. The third-order valence-corrected chi connectivity index (χ3v) is 6.13. The summed E-state index contributed by atoms with van der Waals surface area (Å²) in [6, 6.07) is 27.9. The van der Waals surface area contributed by atoms with Crippen LogP contribution in [0.1, 0.15) is 17.3 Å². The fourth-order valence-corrected chi connectivity index (χ4v) is 4.43. The monoisotopic (exact) mass is 439 g/mol. The van der Waals surface area contributed by atoms with E-state index in [-0.39, 0.29) is 5.91 Å². The van der Waals surface area contributed by atoms with Crippen LogP contribution in [0.3, 0.4) is 0 Å². The van der Waals surface area contributed by atoms with Gasteiger partial charge in [0, 0.05) is 24.0 Å². The number of hydrogen-bond donors (Lipinski definition) is 1. The van der Waals surface area contributed by atoms with E-state index in [2.05, 4.69) is 10.3 Å². The highest BCUT2D eigenvalue weighted by atomic mass is 32.1. The minimum Gasteiger partial charge on any atom is -0.440 e. The van der Waals surface area contributed by atoms with Crippen LogP contribution in [-0.2, 0) is 17.8 Å². The van der Waals surface area contributed by atoms with Gasteiger partial charge in [-0.25, -0.2) is 9.97 Å². The Balaban J connectivity index is 1.27. The lowest BCUT2D eigenvalue weighted by molar-refractivity contribution is -0.121. The maximum atomic E-state index is 12.4. The van der Waals surface area contributed by atoms with Gasteiger partial charge in [-0.15, -0.1) is 11.3 Å². The van der Waals surface area contributed by atoms with Gasteiger partial charge in [-0.3, -0.25) is 4.79 Å². The summed E-state index contributed by atoms with van der Waals surface area (Å²) in [6.07, 6.45) is 0.728. The Labute approximate surface area is 189 Å². The average Bonchev–Trinajstić information content (AvgIpc) is 3.47. The van der Waals surface area contributed by atoms with E-state index in [1.54, 1.807) is 11.3 Å². The number of fused-ring (bicyclic) bond motifs is 1. The van der Waals surface area contributed by atoms with Crippen molar-refractivity contribution in [3.63, 3.8) is 0 Å². The lowest BCUT2D eigenvalue weighted by Crippen LogP contribution is -2.22. The smallest absolute Gasteiger partial charge is 0.220 e. The quantitative estimate of drug-likeness (QED) is 0.344. The zero-order chi connectivity index (χ0) is 21.8. The Morgan fingerprint density at radius 3 is 2.28 bits per heavy atom. The van der Waals surface area contributed by atoms with E-state index >= 15 is 0 Å². The molecule has 5 nitrogen and oxygen atoms in total. The number of nitrogens with one attached hydrogen (secondary N) is 1. The van der Waals surface area contributed by atoms with Crippen LogP contribution in [0.15, 0.2) is 89.3 Å². The average molecular weight is 440 g/mol. The number of oxazole rings is 1. The maximum absolute atomic E-state index is 12.4. The van der Waals surface area contributed by atoms with Gasteiger partial charge in [-0.1, -0.05) is 72.8 Å². The number of carbonyl (C=O) groups is 1. The van der Waals surface area contributed by atoms with Gasteiger partial charge >= 0.3 is 0 Å². The van der Waals surface area contributed by atoms with Crippen LogP contribution >= 0.6 is 11.3 Å². The third-order valence-electron chi connectivity index (χ3n) is 5.10. The fourth-order valence-electron chi connectivity index (χ4n) is 3.53. The minimum atomic E-state index is -0.0509. The summed E-state index contributed by atoms with van der Waals surface area (Å²) in [6.45, 7) is 0.425. The topological polar surface area (TPSA) is 68.0 Å². The Bertz CT molecular complexity index is 1250. The van der Waals surface area contributed by atoms with Crippen molar-refractivity contribution < 1.29 is 9.21 Å². The minimum absolute atomic E-state index is 0.0509. The molecule has 0 unspecified atom stereocenters. The molecule has 158 valence electrons. The molecule has 0 aliphatic heterocycles. The number of rotatable bonds is 7. The molecule has 0 saturated carbocycles. The predicted molar refractivity (Wildman–Crippen MR) is 127 cm³/mol. The van der Waals surface area contributed by atoms with Crippen LogP contribution in [0.4, 0.5) is 0 Å². The second-order valence-corrected chi connectivity index (χ2v) is 8.48. The third kappa shape index (κ3) is 4.45. The van der Waals surface area contributed by atoms with Crippen LogP contribution in [0, 0.1) is 0 Å². The summed E-state index contributed by atoms with van der Waals surface area (Å²) in [7, 11) is 0. The molecular formula is C26H21N3O2S. The molecule has 0 radical (unpaired) electrons. The van der Waals surface area contributed by atoms with Crippen molar-refractivity contribution >= 4 is 27.5 Å². The molecule has 0 spiro atoms.